The third-order valence-corrected chi connectivity index (χ3v) is 8.06. The van der Waals surface area contributed by atoms with Crippen LogP contribution in [0.4, 0.5) is 5.69 Å². The fraction of sp³-hybridized carbons (Fsp3) is 0.448. The molecule has 0 spiro atoms. The van der Waals surface area contributed by atoms with Crippen LogP contribution in [0.2, 0.25) is 0 Å². The van der Waals surface area contributed by atoms with E-state index in [9.17, 15) is 9.59 Å². The zero-order chi connectivity index (χ0) is 24.6. The Labute approximate surface area is 214 Å². The van der Waals surface area contributed by atoms with Crippen LogP contribution in [0.15, 0.2) is 58.3 Å². The molecule has 2 aromatic rings. The Hall–Kier alpha value is -2.57. The summed E-state index contributed by atoms with van der Waals surface area (Å²) >= 11 is 1.47. The fourth-order valence-electron chi connectivity index (χ4n) is 4.95. The smallest absolute Gasteiger partial charge is 0.265 e. The first-order valence-electron chi connectivity index (χ1n) is 13.0. The number of thioether (sulfide) groups is 1. The number of aryl methyl sites for hydroxylation is 1. The normalized spacial score (nSPS) is 19.6. The van der Waals surface area contributed by atoms with E-state index in [1.807, 2.05) is 42.5 Å². The zero-order valence-electron chi connectivity index (χ0n) is 21.0. The molecular formula is C29H37N3O2S. The molecule has 1 N–H and O–H groups in total. The molecule has 0 aromatic heterocycles. The first-order chi connectivity index (χ1) is 17.1. The van der Waals surface area contributed by atoms with Gasteiger partial charge in [0.1, 0.15) is 6.54 Å². The van der Waals surface area contributed by atoms with Crippen molar-refractivity contribution in [2.75, 3.05) is 31.1 Å². The maximum Gasteiger partial charge on any atom is 0.265 e. The number of likely N-dealkylation sites (tertiary alicyclic amines) is 1. The first-order valence-corrected chi connectivity index (χ1v) is 13.8. The number of nitrogens with one attached hydrogen (secondary N) is 1. The van der Waals surface area contributed by atoms with Crippen molar-refractivity contribution in [3.05, 3.63) is 64.6 Å². The number of fused-ring (bicyclic) bond motifs is 1. The average molecular weight is 492 g/mol. The number of piperidine rings is 1. The van der Waals surface area contributed by atoms with Gasteiger partial charge in [-0.15, -0.1) is 0 Å². The van der Waals surface area contributed by atoms with Gasteiger partial charge in [-0.05, 0) is 68.0 Å². The van der Waals surface area contributed by atoms with Gasteiger partial charge in [0, 0.05) is 24.0 Å². The largest absolute Gasteiger partial charge is 0.355 e. The van der Waals surface area contributed by atoms with Crippen molar-refractivity contribution in [3.63, 3.8) is 0 Å². The summed E-state index contributed by atoms with van der Waals surface area (Å²) in [6.45, 7) is 7.24. The number of carbonyl (C=O) groups is 2. The number of hydrogen-bond donors (Lipinski definition) is 1. The standard InChI is InChI=1S/C29H37N3O2S/c1-3-22-13-15-23(16-14-22)20-27-29(34)32(25-11-5-6-12-26(25)35-27)21-28(33)30-17-9-19-31-18-8-7-10-24(31)4-2/h5-6,11-16,20,24H,3-4,7-10,17-19,21H2,1-2H3,(H,30,33). The second-order valence-corrected chi connectivity index (χ2v) is 10.4. The van der Waals surface area contributed by atoms with Crippen LogP contribution in [0.1, 0.15) is 57.1 Å². The molecule has 2 aliphatic rings. The topological polar surface area (TPSA) is 52.7 Å². The molecular weight excluding hydrogens is 454 g/mol. The highest BCUT2D eigenvalue weighted by molar-refractivity contribution is 8.04. The van der Waals surface area contributed by atoms with E-state index in [4.69, 9.17) is 0 Å². The van der Waals surface area contributed by atoms with E-state index in [0.29, 0.717) is 17.5 Å². The number of rotatable bonds is 9. The summed E-state index contributed by atoms with van der Waals surface area (Å²) in [5, 5.41) is 3.05. The number of para-hydroxylation sites is 1. The molecule has 0 bridgehead atoms. The lowest BCUT2D eigenvalue weighted by atomic mass is 10.00. The van der Waals surface area contributed by atoms with Gasteiger partial charge in [-0.25, -0.2) is 0 Å². The van der Waals surface area contributed by atoms with Crippen molar-refractivity contribution in [1.82, 2.24) is 10.2 Å². The molecule has 0 aliphatic carbocycles. The fourth-order valence-corrected chi connectivity index (χ4v) is 6.01. The highest BCUT2D eigenvalue weighted by Gasteiger charge is 2.30. The Balaban J connectivity index is 1.38. The van der Waals surface area contributed by atoms with Gasteiger partial charge in [-0.3, -0.25) is 14.5 Å². The van der Waals surface area contributed by atoms with Crippen molar-refractivity contribution in [2.45, 2.75) is 63.3 Å². The van der Waals surface area contributed by atoms with Crippen molar-refractivity contribution in [2.24, 2.45) is 0 Å². The summed E-state index contributed by atoms with van der Waals surface area (Å²) < 4.78 is 0. The summed E-state index contributed by atoms with van der Waals surface area (Å²) in [5.74, 6) is -0.236. The van der Waals surface area contributed by atoms with Crippen molar-refractivity contribution >= 4 is 35.3 Å². The van der Waals surface area contributed by atoms with E-state index in [0.717, 1.165) is 35.5 Å². The number of amides is 2. The molecule has 1 saturated heterocycles. The lowest BCUT2D eigenvalue weighted by molar-refractivity contribution is -0.122. The molecule has 186 valence electrons. The van der Waals surface area contributed by atoms with Gasteiger partial charge in [-0.1, -0.05) is 68.4 Å². The minimum Gasteiger partial charge on any atom is -0.355 e. The Morgan fingerprint density at radius 1 is 1.11 bits per heavy atom. The summed E-state index contributed by atoms with van der Waals surface area (Å²) in [5.41, 5.74) is 3.06. The number of nitrogens with zero attached hydrogens (tertiary/aromatic N) is 2. The average Bonchev–Trinajstić information content (AvgIpc) is 2.89. The monoisotopic (exact) mass is 491 g/mol. The van der Waals surface area contributed by atoms with Crippen LogP contribution in [0.25, 0.3) is 6.08 Å². The SMILES string of the molecule is CCc1ccc(C=C2Sc3ccccc3N(CC(=O)NCCCN3CCCCC3CC)C2=O)cc1. The summed E-state index contributed by atoms with van der Waals surface area (Å²) in [4.78, 5) is 32.1. The summed E-state index contributed by atoms with van der Waals surface area (Å²) in [6, 6.07) is 16.8. The Morgan fingerprint density at radius 3 is 2.69 bits per heavy atom. The van der Waals surface area contributed by atoms with E-state index in [-0.39, 0.29) is 18.4 Å². The van der Waals surface area contributed by atoms with Gasteiger partial charge in [-0.2, -0.15) is 0 Å². The van der Waals surface area contributed by atoms with E-state index in [1.54, 1.807) is 4.90 Å². The van der Waals surface area contributed by atoms with Crippen LogP contribution >= 0.6 is 11.8 Å². The van der Waals surface area contributed by atoms with Gasteiger partial charge in [0.2, 0.25) is 5.91 Å². The number of anilines is 1. The molecule has 2 aliphatic heterocycles. The van der Waals surface area contributed by atoms with E-state index >= 15 is 0 Å². The predicted molar refractivity (Wildman–Crippen MR) is 146 cm³/mol. The molecule has 1 fully saturated rings. The molecule has 5 nitrogen and oxygen atoms in total. The molecule has 35 heavy (non-hydrogen) atoms. The quantitative estimate of drug-likeness (QED) is 0.372. The third-order valence-electron chi connectivity index (χ3n) is 6.98. The molecule has 1 unspecified atom stereocenters. The molecule has 2 heterocycles. The highest BCUT2D eigenvalue weighted by atomic mass is 32.2. The van der Waals surface area contributed by atoms with Crippen LogP contribution in [-0.2, 0) is 16.0 Å². The lowest BCUT2D eigenvalue weighted by Crippen LogP contribution is -2.44. The molecule has 2 aromatic carbocycles. The van der Waals surface area contributed by atoms with Crippen LogP contribution in [0, 0.1) is 0 Å². The highest BCUT2D eigenvalue weighted by Crippen LogP contribution is 2.41. The van der Waals surface area contributed by atoms with Crippen molar-refractivity contribution in [1.29, 1.82) is 0 Å². The summed E-state index contributed by atoms with van der Waals surface area (Å²) in [7, 11) is 0. The maximum absolute atomic E-state index is 13.4. The van der Waals surface area contributed by atoms with Crippen LogP contribution in [-0.4, -0.2) is 48.9 Å². The molecule has 2 amide bonds. The second-order valence-electron chi connectivity index (χ2n) is 9.36. The zero-order valence-corrected chi connectivity index (χ0v) is 21.8. The van der Waals surface area contributed by atoms with Gasteiger partial charge in [0.15, 0.2) is 0 Å². The molecule has 4 rings (SSSR count). The predicted octanol–water partition coefficient (Wildman–Crippen LogP) is 5.50. The Morgan fingerprint density at radius 2 is 1.91 bits per heavy atom. The van der Waals surface area contributed by atoms with Gasteiger partial charge >= 0.3 is 0 Å². The number of carbonyl (C=O) groups excluding carboxylic acids is 2. The van der Waals surface area contributed by atoms with Crippen molar-refractivity contribution < 1.29 is 9.59 Å². The lowest BCUT2D eigenvalue weighted by Gasteiger charge is -2.35. The van der Waals surface area contributed by atoms with E-state index in [1.165, 1.54) is 49.6 Å². The molecule has 0 saturated carbocycles. The third kappa shape index (κ3) is 6.56. The van der Waals surface area contributed by atoms with Crippen LogP contribution in [0.5, 0.6) is 0 Å². The van der Waals surface area contributed by atoms with Crippen LogP contribution in [0.3, 0.4) is 0 Å². The van der Waals surface area contributed by atoms with Gasteiger partial charge in [0.05, 0.1) is 10.6 Å². The van der Waals surface area contributed by atoms with Crippen molar-refractivity contribution in [3.8, 4) is 0 Å². The second kappa shape index (κ2) is 12.4. The molecule has 1 atom stereocenters. The van der Waals surface area contributed by atoms with Crippen LogP contribution < -0.4 is 10.2 Å². The summed E-state index contributed by atoms with van der Waals surface area (Å²) in [6.07, 6.45) is 8.93. The minimum atomic E-state index is -0.123. The number of benzene rings is 2. The van der Waals surface area contributed by atoms with Gasteiger partial charge in [0.25, 0.3) is 5.91 Å². The van der Waals surface area contributed by atoms with Gasteiger partial charge < -0.3 is 10.2 Å². The first kappa shape index (κ1) is 25.5. The van der Waals surface area contributed by atoms with E-state index in [2.05, 4.69) is 36.2 Å². The Kier molecular flexibility index (Phi) is 9.05. The Bertz CT molecular complexity index is 1050. The maximum atomic E-state index is 13.4. The van der Waals surface area contributed by atoms with E-state index < -0.39 is 0 Å². The molecule has 0 radical (unpaired) electrons. The molecule has 6 heteroatoms. The minimum absolute atomic E-state index is 0.0316. The number of hydrogen-bond acceptors (Lipinski definition) is 4.